The van der Waals surface area contributed by atoms with Crippen molar-refractivity contribution >= 4 is 6.03 Å². The van der Waals surface area contributed by atoms with E-state index in [1.54, 1.807) is 4.90 Å². The Morgan fingerprint density at radius 1 is 1.20 bits per heavy atom. The number of ether oxygens (including phenoxy) is 1. The quantitative estimate of drug-likeness (QED) is 0.735. The van der Waals surface area contributed by atoms with Crippen LogP contribution in [-0.2, 0) is 11.3 Å². The summed E-state index contributed by atoms with van der Waals surface area (Å²) in [6.45, 7) is 10.6. The summed E-state index contributed by atoms with van der Waals surface area (Å²) in [5.41, 5.74) is 2.49. The minimum atomic E-state index is -0.000640. The molecule has 25 heavy (non-hydrogen) atoms. The smallest absolute Gasteiger partial charge is 0.317 e. The maximum atomic E-state index is 12.2. The standard InChI is InChI=1S/C20H33N3O2/c1-17(2)19-8-6-18(7-9-19)16-22(3)20(24)21-10-4-5-11-23-12-14-25-15-13-23/h6-9,17H,4-5,10-16H2,1-3H3,(H,21,24). The molecule has 0 spiro atoms. The van der Waals surface area contributed by atoms with E-state index in [4.69, 9.17) is 4.74 Å². The SMILES string of the molecule is CC(C)c1ccc(CN(C)C(=O)NCCCCN2CCOCC2)cc1. The van der Waals surface area contributed by atoms with Crippen LogP contribution in [0, 0.1) is 0 Å². The molecule has 1 aliphatic rings. The van der Waals surface area contributed by atoms with Crippen molar-refractivity contribution in [3.05, 3.63) is 35.4 Å². The molecule has 0 bridgehead atoms. The number of hydrogen-bond acceptors (Lipinski definition) is 3. The van der Waals surface area contributed by atoms with Crippen molar-refractivity contribution in [2.75, 3.05) is 46.4 Å². The van der Waals surface area contributed by atoms with Crippen molar-refractivity contribution in [3.8, 4) is 0 Å². The minimum Gasteiger partial charge on any atom is -0.379 e. The Morgan fingerprint density at radius 2 is 1.88 bits per heavy atom. The van der Waals surface area contributed by atoms with Crippen LogP contribution in [0.3, 0.4) is 0 Å². The lowest BCUT2D eigenvalue weighted by Crippen LogP contribution is -2.38. The Balaban J connectivity index is 1.61. The third kappa shape index (κ3) is 7.04. The Labute approximate surface area is 152 Å². The molecule has 5 heteroatoms. The third-order valence-corrected chi connectivity index (χ3v) is 4.69. The minimum absolute atomic E-state index is 0.000640. The molecule has 1 aromatic carbocycles. The first-order chi connectivity index (χ1) is 12.1. The lowest BCUT2D eigenvalue weighted by atomic mass is 10.0. The summed E-state index contributed by atoms with van der Waals surface area (Å²) < 4.78 is 5.35. The van der Waals surface area contributed by atoms with E-state index >= 15 is 0 Å². The Morgan fingerprint density at radius 3 is 2.52 bits per heavy atom. The van der Waals surface area contributed by atoms with E-state index in [9.17, 15) is 4.79 Å². The van der Waals surface area contributed by atoms with E-state index in [0.717, 1.165) is 57.8 Å². The molecule has 0 aliphatic carbocycles. The Hall–Kier alpha value is -1.59. The zero-order chi connectivity index (χ0) is 18.1. The van der Waals surface area contributed by atoms with Gasteiger partial charge in [-0.05, 0) is 36.4 Å². The van der Waals surface area contributed by atoms with Crippen LogP contribution in [-0.4, -0.2) is 62.3 Å². The van der Waals surface area contributed by atoms with Gasteiger partial charge in [0, 0.05) is 33.2 Å². The van der Waals surface area contributed by atoms with Gasteiger partial charge < -0.3 is 15.0 Å². The second-order valence-electron chi connectivity index (χ2n) is 7.15. The van der Waals surface area contributed by atoms with Gasteiger partial charge in [0.15, 0.2) is 0 Å². The highest BCUT2D eigenvalue weighted by molar-refractivity contribution is 5.73. The number of nitrogens with one attached hydrogen (secondary N) is 1. The van der Waals surface area contributed by atoms with Crippen molar-refractivity contribution in [3.63, 3.8) is 0 Å². The van der Waals surface area contributed by atoms with Crippen LogP contribution in [0.1, 0.15) is 43.7 Å². The molecule has 2 amide bonds. The van der Waals surface area contributed by atoms with E-state index in [-0.39, 0.29) is 6.03 Å². The number of unbranched alkanes of at least 4 members (excludes halogenated alkanes) is 1. The van der Waals surface area contributed by atoms with Crippen LogP contribution in [0.25, 0.3) is 0 Å². The highest BCUT2D eigenvalue weighted by Gasteiger charge is 2.11. The number of nitrogens with zero attached hydrogens (tertiary/aromatic N) is 2. The predicted octanol–water partition coefficient (Wildman–Crippen LogP) is 3.06. The molecular formula is C20H33N3O2. The van der Waals surface area contributed by atoms with Gasteiger partial charge in [0.2, 0.25) is 0 Å². The number of morpholine rings is 1. The second kappa shape index (κ2) is 10.4. The molecule has 140 valence electrons. The predicted molar refractivity (Wildman–Crippen MR) is 102 cm³/mol. The molecule has 1 aromatic rings. The van der Waals surface area contributed by atoms with Crippen LogP contribution >= 0.6 is 0 Å². The summed E-state index contributed by atoms with van der Waals surface area (Å²) in [7, 11) is 1.85. The fraction of sp³-hybridized carbons (Fsp3) is 0.650. The van der Waals surface area contributed by atoms with E-state index in [0.29, 0.717) is 12.5 Å². The van der Waals surface area contributed by atoms with E-state index in [1.807, 2.05) is 7.05 Å². The summed E-state index contributed by atoms with van der Waals surface area (Å²) >= 11 is 0. The van der Waals surface area contributed by atoms with Gasteiger partial charge in [-0.25, -0.2) is 4.79 Å². The molecular weight excluding hydrogens is 314 g/mol. The van der Waals surface area contributed by atoms with Gasteiger partial charge in [0.25, 0.3) is 0 Å². The number of rotatable bonds is 8. The van der Waals surface area contributed by atoms with Crippen molar-refractivity contribution in [1.29, 1.82) is 0 Å². The number of hydrogen-bond donors (Lipinski definition) is 1. The molecule has 0 atom stereocenters. The average molecular weight is 348 g/mol. The van der Waals surface area contributed by atoms with Gasteiger partial charge in [-0.2, -0.15) is 0 Å². The largest absolute Gasteiger partial charge is 0.379 e. The van der Waals surface area contributed by atoms with Crippen molar-refractivity contribution in [1.82, 2.24) is 15.1 Å². The number of urea groups is 1. The van der Waals surface area contributed by atoms with Gasteiger partial charge in [-0.1, -0.05) is 38.1 Å². The van der Waals surface area contributed by atoms with E-state index in [2.05, 4.69) is 48.3 Å². The zero-order valence-corrected chi connectivity index (χ0v) is 16.0. The number of benzene rings is 1. The van der Waals surface area contributed by atoms with Crippen molar-refractivity contribution < 1.29 is 9.53 Å². The fourth-order valence-corrected chi connectivity index (χ4v) is 2.97. The second-order valence-corrected chi connectivity index (χ2v) is 7.15. The molecule has 0 aromatic heterocycles. The van der Waals surface area contributed by atoms with Crippen LogP contribution in [0.2, 0.25) is 0 Å². The molecule has 1 saturated heterocycles. The van der Waals surface area contributed by atoms with Crippen LogP contribution in [0.5, 0.6) is 0 Å². The zero-order valence-electron chi connectivity index (χ0n) is 16.0. The lowest BCUT2D eigenvalue weighted by molar-refractivity contribution is 0.0372. The molecule has 1 fully saturated rings. The van der Waals surface area contributed by atoms with Crippen LogP contribution in [0.15, 0.2) is 24.3 Å². The Kier molecular flexibility index (Phi) is 8.22. The molecule has 1 aliphatic heterocycles. The number of carbonyl (C=O) groups is 1. The monoisotopic (exact) mass is 347 g/mol. The third-order valence-electron chi connectivity index (χ3n) is 4.69. The summed E-state index contributed by atoms with van der Waals surface area (Å²) in [4.78, 5) is 16.3. The number of amides is 2. The summed E-state index contributed by atoms with van der Waals surface area (Å²) in [5, 5.41) is 3.01. The van der Waals surface area contributed by atoms with Crippen molar-refractivity contribution in [2.45, 2.75) is 39.2 Å². The fourth-order valence-electron chi connectivity index (χ4n) is 2.97. The molecule has 1 heterocycles. The normalized spacial score (nSPS) is 15.4. The molecule has 0 unspecified atom stereocenters. The topological polar surface area (TPSA) is 44.8 Å². The summed E-state index contributed by atoms with van der Waals surface area (Å²) in [6, 6.07) is 8.52. The Bertz CT molecular complexity index is 510. The first kappa shape index (κ1) is 19.7. The van der Waals surface area contributed by atoms with Crippen LogP contribution in [0.4, 0.5) is 4.79 Å². The van der Waals surface area contributed by atoms with Gasteiger partial charge >= 0.3 is 6.03 Å². The van der Waals surface area contributed by atoms with Gasteiger partial charge in [0.1, 0.15) is 0 Å². The first-order valence-corrected chi connectivity index (χ1v) is 9.44. The maximum absolute atomic E-state index is 12.2. The number of carbonyl (C=O) groups excluding carboxylic acids is 1. The molecule has 1 N–H and O–H groups in total. The highest BCUT2D eigenvalue weighted by atomic mass is 16.5. The average Bonchev–Trinajstić information content (AvgIpc) is 2.62. The summed E-state index contributed by atoms with van der Waals surface area (Å²) in [6.07, 6.45) is 2.13. The molecule has 0 radical (unpaired) electrons. The van der Waals surface area contributed by atoms with Gasteiger partial charge in [0.05, 0.1) is 13.2 Å². The van der Waals surface area contributed by atoms with Gasteiger partial charge in [-0.15, -0.1) is 0 Å². The highest BCUT2D eigenvalue weighted by Crippen LogP contribution is 2.15. The van der Waals surface area contributed by atoms with E-state index < -0.39 is 0 Å². The maximum Gasteiger partial charge on any atom is 0.317 e. The summed E-state index contributed by atoms with van der Waals surface area (Å²) in [5.74, 6) is 0.535. The van der Waals surface area contributed by atoms with Crippen LogP contribution < -0.4 is 5.32 Å². The molecule has 2 rings (SSSR count). The van der Waals surface area contributed by atoms with E-state index in [1.165, 1.54) is 5.56 Å². The van der Waals surface area contributed by atoms with Gasteiger partial charge in [-0.3, -0.25) is 4.90 Å². The van der Waals surface area contributed by atoms with Crippen molar-refractivity contribution in [2.24, 2.45) is 0 Å². The molecule has 5 nitrogen and oxygen atoms in total. The first-order valence-electron chi connectivity index (χ1n) is 9.44. The molecule has 0 saturated carbocycles. The lowest BCUT2D eigenvalue weighted by Gasteiger charge is -2.26.